The molecule has 0 aliphatic carbocycles. The first-order valence-corrected chi connectivity index (χ1v) is 7.81. The molecule has 1 N–H and O–H groups in total. The molecule has 0 aromatic heterocycles. The summed E-state index contributed by atoms with van der Waals surface area (Å²) < 4.78 is 13.7. The summed E-state index contributed by atoms with van der Waals surface area (Å²) in [6, 6.07) is 12.5. The average Bonchev–Trinajstić information content (AvgIpc) is 2.44. The van der Waals surface area contributed by atoms with Gasteiger partial charge in [0.15, 0.2) is 0 Å². The predicted octanol–water partition coefficient (Wildman–Crippen LogP) is 5.13. The molecule has 0 aliphatic rings. The number of rotatable bonds is 6. The number of hydrogen-bond acceptors (Lipinski definition) is 2. The lowest BCUT2D eigenvalue weighted by Crippen LogP contribution is -2.14. The molecule has 2 rings (SSSR count). The van der Waals surface area contributed by atoms with Crippen LogP contribution in [-0.2, 0) is 6.54 Å². The zero-order chi connectivity index (χ0) is 14.4. The van der Waals surface area contributed by atoms with Gasteiger partial charge in [0.2, 0.25) is 0 Å². The van der Waals surface area contributed by atoms with Crippen LogP contribution in [0.4, 0.5) is 4.39 Å². The van der Waals surface area contributed by atoms with Crippen LogP contribution in [0.25, 0.3) is 0 Å². The van der Waals surface area contributed by atoms with Gasteiger partial charge in [0.05, 0.1) is 0 Å². The highest BCUT2D eigenvalue weighted by atomic mass is 35.5. The molecule has 0 amide bonds. The molecule has 0 atom stereocenters. The predicted molar refractivity (Wildman–Crippen MR) is 84.0 cm³/mol. The molecule has 2 aromatic rings. The summed E-state index contributed by atoms with van der Waals surface area (Å²) in [6.45, 7) is 3.82. The maximum absolute atomic E-state index is 13.7. The fraction of sp³-hybridized carbons (Fsp3) is 0.250. The van der Waals surface area contributed by atoms with Crippen LogP contribution >= 0.6 is 23.4 Å². The Morgan fingerprint density at radius 2 is 1.95 bits per heavy atom. The Labute approximate surface area is 128 Å². The van der Waals surface area contributed by atoms with Crippen molar-refractivity contribution in [3.8, 4) is 0 Å². The molecule has 0 radical (unpaired) electrons. The van der Waals surface area contributed by atoms with Crippen molar-refractivity contribution in [1.82, 2.24) is 5.32 Å². The molecule has 106 valence electrons. The Kier molecular flexibility index (Phi) is 5.89. The first-order valence-electron chi connectivity index (χ1n) is 6.62. The Morgan fingerprint density at radius 1 is 1.15 bits per heavy atom. The lowest BCUT2D eigenvalue weighted by Gasteiger charge is -2.11. The number of hydrogen-bond donors (Lipinski definition) is 1. The highest BCUT2D eigenvalue weighted by molar-refractivity contribution is 7.99. The van der Waals surface area contributed by atoms with Crippen LogP contribution < -0.4 is 5.32 Å². The largest absolute Gasteiger partial charge is 0.313 e. The van der Waals surface area contributed by atoms with Gasteiger partial charge in [-0.2, -0.15) is 0 Å². The van der Waals surface area contributed by atoms with Crippen LogP contribution in [0.15, 0.2) is 52.3 Å². The van der Waals surface area contributed by atoms with Crippen molar-refractivity contribution < 1.29 is 4.39 Å². The van der Waals surface area contributed by atoms with E-state index in [0.29, 0.717) is 9.92 Å². The minimum atomic E-state index is -0.195. The summed E-state index contributed by atoms with van der Waals surface area (Å²) in [7, 11) is 0. The molecule has 0 bridgehead atoms. The Bertz CT molecular complexity index is 574. The summed E-state index contributed by atoms with van der Waals surface area (Å²) in [4.78, 5) is 1.66. The lowest BCUT2D eigenvalue weighted by molar-refractivity contribution is 0.602. The van der Waals surface area contributed by atoms with E-state index in [1.165, 1.54) is 17.8 Å². The van der Waals surface area contributed by atoms with Crippen molar-refractivity contribution in [1.29, 1.82) is 0 Å². The van der Waals surface area contributed by atoms with E-state index in [0.717, 1.165) is 30.0 Å². The van der Waals surface area contributed by atoms with Gasteiger partial charge in [0.1, 0.15) is 5.82 Å². The summed E-state index contributed by atoms with van der Waals surface area (Å²) in [5.41, 5.74) is 1.10. The molecule has 0 aliphatic heterocycles. The van der Waals surface area contributed by atoms with E-state index in [4.69, 9.17) is 11.6 Å². The van der Waals surface area contributed by atoms with E-state index in [9.17, 15) is 4.39 Å². The van der Waals surface area contributed by atoms with Gasteiger partial charge in [0, 0.05) is 21.4 Å². The Morgan fingerprint density at radius 3 is 2.70 bits per heavy atom. The Balaban J connectivity index is 2.20. The van der Waals surface area contributed by atoms with Crippen molar-refractivity contribution in [2.45, 2.75) is 29.7 Å². The van der Waals surface area contributed by atoms with Crippen molar-refractivity contribution in [2.75, 3.05) is 6.54 Å². The zero-order valence-electron chi connectivity index (χ0n) is 11.3. The van der Waals surface area contributed by atoms with Crippen molar-refractivity contribution >= 4 is 23.4 Å². The van der Waals surface area contributed by atoms with Crippen LogP contribution in [0.5, 0.6) is 0 Å². The quantitative estimate of drug-likeness (QED) is 0.742. The molecular weight excluding hydrogens is 293 g/mol. The molecule has 0 saturated carbocycles. The summed E-state index contributed by atoms with van der Waals surface area (Å²) in [5.74, 6) is -0.195. The van der Waals surface area contributed by atoms with Crippen LogP contribution in [-0.4, -0.2) is 6.54 Å². The highest BCUT2D eigenvalue weighted by Gasteiger charge is 2.08. The summed E-state index contributed by atoms with van der Waals surface area (Å²) in [6.07, 6.45) is 1.08. The summed E-state index contributed by atoms with van der Waals surface area (Å²) in [5, 5.41) is 4.06. The third-order valence-electron chi connectivity index (χ3n) is 2.82. The van der Waals surface area contributed by atoms with Gasteiger partial charge in [0.25, 0.3) is 0 Å². The standard InChI is InChI=1S/C16H17ClFNS/c1-2-9-19-11-12-10-13(17)7-8-15(12)20-16-6-4-3-5-14(16)18/h3-8,10,19H,2,9,11H2,1H3. The zero-order valence-corrected chi connectivity index (χ0v) is 12.9. The maximum atomic E-state index is 13.7. The second-order valence-electron chi connectivity index (χ2n) is 4.46. The molecular formula is C16H17ClFNS. The third-order valence-corrected chi connectivity index (χ3v) is 4.23. The molecule has 2 aromatic carbocycles. The van der Waals surface area contributed by atoms with E-state index in [1.807, 2.05) is 24.3 Å². The molecule has 0 spiro atoms. The molecule has 1 nitrogen and oxygen atoms in total. The molecule has 4 heteroatoms. The first-order chi connectivity index (χ1) is 9.70. The average molecular weight is 310 g/mol. The highest BCUT2D eigenvalue weighted by Crippen LogP contribution is 2.33. The van der Waals surface area contributed by atoms with Gasteiger partial charge in [-0.3, -0.25) is 0 Å². The van der Waals surface area contributed by atoms with Gasteiger partial charge in [-0.1, -0.05) is 42.4 Å². The number of benzene rings is 2. The fourth-order valence-corrected chi connectivity index (χ4v) is 2.97. The van der Waals surface area contributed by atoms with Crippen molar-refractivity contribution in [2.24, 2.45) is 0 Å². The van der Waals surface area contributed by atoms with Crippen LogP contribution in [0.2, 0.25) is 5.02 Å². The van der Waals surface area contributed by atoms with Gasteiger partial charge in [-0.25, -0.2) is 4.39 Å². The molecule has 0 fully saturated rings. The van der Waals surface area contributed by atoms with Crippen LogP contribution in [0.3, 0.4) is 0 Å². The maximum Gasteiger partial charge on any atom is 0.137 e. The SMILES string of the molecule is CCCNCc1cc(Cl)ccc1Sc1ccccc1F. The molecule has 0 saturated heterocycles. The second kappa shape index (κ2) is 7.67. The topological polar surface area (TPSA) is 12.0 Å². The van der Waals surface area contributed by atoms with Gasteiger partial charge >= 0.3 is 0 Å². The minimum Gasteiger partial charge on any atom is -0.313 e. The minimum absolute atomic E-state index is 0.195. The fourth-order valence-electron chi connectivity index (χ4n) is 1.83. The third kappa shape index (κ3) is 4.23. The summed E-state index contributed by atoms with van der Waals surface area (Å²) >= 11 is 7.49. The van der Waals surface area contributed by atoms with Gasteiger partial charge in [-0.05, 0) is 48.9 Å². The first kappa shape index (κ1) is 15.4. The number of halogens is 2. The molecule has 20 heavy (non-hydrogen) atoms. The normalized spacial score (nSPS) is 10.8. The molecule has 0 heterocycles. The van der Waals surface area contributed by atoms with Crippen molar-refractivity contribution in [3.63, 3.8) is 0 Å². The van der Waals surface area contributed by atoms with E-state index in [1.54, 1.807) is 12.1 Å². The van der Waals surface area contributed by atoms with E-state index >= 15 is 0 Å². The van der Waals surface area contributed by atoms with E-state index in [-0.39, 0.29) is 5.82 Å². The smallest absolute Gasteiger partial charge is 0.137 e. The second-order valence-corrected chi connectivity index (χ2v) is 5.98. The van der Waals surface area contributed by atoms with Gasteiger partial charge < -0.3 is 5.32 Å². The van der Waals surface area contributed by atoms with E-state index < -0.39 is 0 Å². The monoisotopic (exact) mass is 309 g/mol. The van der Waals surface area contributed by atoms with E-state index in [2.05, 4.69) is 12.2 Å². The van der Waals surface area contributed by atoms with Crippen LogP contribution in [0, 0.1) is 5.82 Å². The van der Waals surface area contributed by atoms with Crippen molar-refractivity contribution in [3.05, 3.63) is 58.9 Å². The number of nitrogens with one attached hydrogen (secondary N) is 1. The molecule has 0 unspecified atom stereocenters. The lowest BCUT2D eigenvalue weighted by atomic mass is 10.2. The Hall–Kier alpha value is -1.03. The van der Waals surface area contributed by atoms with Gasteiger partial charge in [-0.15, -0.1) is 0 Å². The van der Waals surface area contributed by atoms with Crippen LogP contribution in [0.1, 0.15) is 18.9 Å².